The molecule has 0 saturated carbocycles. The Balaban J connectivity index is 2.18. The summed E-state index contributed by atoms with van der Waals surface area (Å²) in [6, 6.07) is 6.86. The van der Waals surface area contributed by atoms with E-state index in [-0.39, 0.29) is 5.69 Å². The van der Waals surface area contributed by atoms with Crippen molar-refractivity contribution in [2.75, 3.05) is 25.0 Å². The highest BCUT2D eigenvalue weighted by molar-refractivity contribution is 5.62. The average molecular weight is 260 g/mol. The predicted octanol–water partition coefficient (Wildman–Crippen LogP) is 1.65. The summed E-state index contributed by atoms with van der Waals surface area (Å²) in [5, 5.41) is 23.2. The van der Waals surface area contributed by atoms with Gasteiger partial charge in [-0.3, -0.25) is 10.1 Å². The van der Waals surface area contributed by atoms with Gasteiger partial charge in [0.25, 0.3) is 5.69 Å². The number of non-ortho nitro benzene ring substituents is 1. The van der Waals surface area contributed by atoms with E-state index in [2.05, 4.69) is 5.32 Å². The van der Waals surface area contributed by atoms with Gasteiger partial charge in [0.1, 0.15) is 6.07 Å². The Hall–Kier alpha value is -2.13. The lowest BCUT2D eigenvalue weighted by molar-refractivity contribution is -0.384. The van der Waals surface area contributed by atoms with Crippen LogP contribution in [0.4, 0.5) is 11.4 Å². The number of nitriles is 1. The van der Waals surface area contributed by atoms with Crippen LogP contribution in [0, 0.1) is 21.4 Å². The molecule has 1 heterocycles. The molecule has 0 radical (unpaired) electrons. The summed E-state index contributed by atoms with van der Waals surface area (Å²) in [7, 11) is 1.90. The van der Waals surface area contributed by atoms with Gasteiger partial charge in [0.15, 0.2) is 0 Å². The van der Waals surface area contributed by atoms with Crippen molar-refractivity contribution in [1.29, 1.82) is 5.26 Å². The molecule has 0 aliphatic carbocycles. The number of nitro benzene ring substituents is 1. The van der Waals surface area contributed by atoms with E-state index in [0.29, 0.717) is 11.6 Å². The zero-order valence-corrected chi connectivity index (χ0v) is 10.8. The number of nitrogens with zero attached hydrogens (tertiary/aromatic N) is 3. The SMILES string of the molecule is CN(CC1CCCN1)c1ccc([N+](=O)[O-])cc1C#N. The Morgan fingerprint density at radius 2 is 2.42 bits per heavy atom. The monoisotopic (exact) mass is 260 g/mol. The average Bonchev–Trinajstić information content (AvgIpc) is 2.90. The molecule has 1 aliphatic rings. The molecular formula is C13H16N4O2. The number of nitrogens with one attached hydrogen (secondary N) is 1. The first-order valence-corrected chi connectivity index (χ1v) is 6.25. The molecule has 1 aromatic carbocycles. The maximum Gasteiger partial charge on any atom is 0.270 e. The van der Waals surface area contributed by atoms with Crippen LogP contribution in [0.5, 0.6) is 0 Å². The first-order valence-electron chi connectivity index (χ1n) is 6.25. The molecule has 1 N–H and O–H groups in total. The van der Waals surface area contributed by atoms with Gasteiger partial charge >= 0.3 is 0 Å². The lowest BCUT2D eigenvalue weighted by atomic mass is 10.1. The second-order valence-electron chi connectivity index (χ2n) is 4.74. The van der Waals surface area contributed by atoms with E-state index in [1.165, 1.54) is 18.6 Å². The molecular weight excluding hydrogens is 244 g/mol. The van der Waals surface area contributed by atoms with Gasteiger partial charge in [0, 0.05) is 31.8 Å². The first kappa shape index (κ1) is 13.3. The molecule has 2 rings (SSSR count). The highest BCUT2D eigenvalue weighted by Crippen LogP contribution is 2.24. The molecule has 0 bridgehead atoms. The summed E-state index contributed by atoms with van der Waals surface area (Å²) in [4.78, 5) is 12.2. The van der Waals surface area contributed by atoms with Crippen molar-refractivity contribution in [2.24, 2.45) is 0 Å². The van der Waals surface area contributed by atoms with Gasteiger partial charge in [0.05, 0.1) is 16.2 Å². The molecule has 0 spiro atoms. The second kappa shape index (κ2) is 5.67. The van der Waals surface area contributed by atoms with Crippen molar-refractivity contribution in [3.05, 3.63) is 33.9 Å². The van der Waals surface area contributed by atoms with Gasteiger partial charge in [0.2, 0.25) is 0 Å². The molecule has 0 amide bonds. The number of rotatable bonds is 4. The van der Waals surface area contributed by atoms with Gasteiger partial charge < -0.3 is 10.2 Å². The zero-order chi connectivity index (χ0) is 13.8. The molecule has 19 heavy (non-hydrogen) atoms. The molecule has 1 aliphatic heterocycles. The largest absolute Gasteiger partial charge is 0.372 e. The van der Waals surface area contributed by atoms with Crippen LogP contribution in [0.15, 0.2) is 18.2 Å². The summed E-state index contributed by atoms with van der Waals surface area (Å²) in [5.74, 6) is 0. The van der Waals surface area contributed by atoms with E-state index in [9.17, 15) is 10.1 Å². The maximum absolute atomic E-state index is 10.7. The highest BCUT2D eigenvalue weighted by Gasteiger charge is 2.19. The van der Waals surface area contributed by atoms with Gasteiger partial charge in [-0.05, 0) is 25.5 Å². The number of benzene rings is 1. The minimum atomic E-state index is -0.483. The number of likely N-dealkylation sites (N-methyl/N-ethyl adjacent to an activating group) is 1. The standard InChI is InChI=1S/C13H16N4O2/c1-16(9-11-3-2-6-15-11)13-5-4-12(17(18)19)7-10(13)8-14/h4-5,7,11,15H,2-3,6,9H2,1H3. The Kier molecular flexibility index (Phi) is 3.97. The van der Waals surface area contributed by atoms with E-state index in [1.54, 1.807) is 6.07 Å². The molecule has 1 saturated heterocycles. The summed E-state index contributed by atoms with van der Waals surface area (Å²) in [6.45, 7) is 1.83. The third kappa shape index (κ3) is 3.01. The van der Waals surface area contributed by atoms with Crippen molar-refractivity contribution < 1.29 is 4.92 Å². The van der Waals surface area contributed by atoms with Crippen molar-refractivity contribution in [1.82, 2.24) is 5.32 Å². The summed E-state index contributed by atoms with van der Waals surface area (Å²) in [6.07, 6.45) is 2.29. The van der Waals surface area contributed by atoms with Gasteiger partial charge in [-0.1, -0.05) is 0 Å². The summed E-state index contributed by atoms with van der Waals surface area (Å²) < 4.78 is 0. The van der Waals surface area contributed by atoms with Crippen molar-refractivity contribution >= 4 is 11.4 Å². The van der Waals surface area contributed by atoms with Crippen LogP contribution in [-0.2, 0) is 0 Å². The number of hydrogen-bond acceptors (Lipinski definition) is 5. The van der Waals surface area contributed by atoms with Crippen LogP contribution in [0.25, 0.3) is 0 Å². The maximum atomic E-state index is 10.7. The van der Waals surface area contributed by atoms with Crippen molar-refractivity contribution in [3.8, 4) is 6.07 Å². The fourth-order valence-electron chi connectivity index (χ4n) is 2.40. The molecule has 6 nitrogen and oxygen atoms in total. The van der Waals surface area contributed by atoms with E-state index in [1.807, 2.05) is 18.0 Å². The van der Waals surface area contributed by atoms with E-state index in [4.69, 9.17) is 5.26 Å². The summed E-state index contributed by atoms with van der Waals surface area (Å²) in [5.41, 5.74) is 1.03. The molecule has 100 valence electrons. The normalized spacial score (nSPS) is 18.0. The van der Waals surface area contributed by atoms with E-state index >= 15 is 0 Å². The third-order valence-electron chi connectivity index (χ3n) is 3.38. The van der Waals surface area contributed by atoms with Crippen LogP contribution >= 0.6 is 0 Å². The Morgan fingerprint density at radius 3 is 3.00 bits per heavy atom. The van der Waals surface area contributed by atoms with Crippen LogP contribution in [-0.4, -0.2) is 31.1 Å². The molecule has 6 heteroatoms. The van der Waals surface area contributed by atoms with Crippen LogP contribution < -0.4 is 10.2 Å². The number of nitro groups is 1. The lowest BCUT2D eigenvalue weighted by Crippen LogP contribution is -2.35. The zero-order valence-electron chi connectivity index (χ0n) is 10.8. The van der Waals surface area contributed by atoms with Gasteiger partial charge in [-0.25, -0.2) is 0 Å². The minimum Gasteiger partial charge on any atom is -0.372 e. The van der Waals surface area contributed by atoms with Gasteiger partial charge in [-0.15, -0.1) is 0 Å². The smallest absolute Gasteiger partial charge is 0.270 e. The molecule has 0 aromatic heterocycles. The van der Waals surface area contributed by atoms with E-state index in [0.717, 1.165) is 25.2 Å². The number of hydrogen-bond donors (Lipinski definition) is 1. The Labute approximate surface area is 111 Å². The van der Waals surface area contributed by atoms with Crippen molar-refractivity contribution in [2.45, 2.75) is 18.9 Å². The first-order chi connectivity index (χ1) is 9.11. The topological polar surface area (TPSA) is 82.2 Å². The molecule has 1 atom stereocenters. The number of anilines is 1. The Morgan fingerprint density at radius 1 is 1.63 bits per heavy atom. The molecule has 1 unspecified atom stereocenters. The van der Waals surface area contributed by atoms with Gasteiger partial charge in [-0.2, -0.15) is 5.26 Å². The third-order valence-corrected chi connectivity index (χ3v) is 3.38. The lowest BCUT2D eigenvalue weighted by Gasteiger charge is -2.24. The fourth-order valence-corrected chi connectivity index (χ4v) is 2.40. The minimum absolute atomic E-state index is 0.0484. The van der Waals surface area contributed by atoms with Crippen LogP contribution in [0.1, 0.15) is 18.4 Å². The predicted molar refractivity (Wildman–Crippen MR) is 72.1 cm³/mol. The van der Waals surface area contributed by atoms with Crippen LogP contribution in [0.3, 0.4) is 0 Å². The second-order valence-corrected chi connectivity index (χ2v) is 4.74. The fraction of sp³-hybridized carbons (Fsp3) is 0.462. The van der Waals surface area contributed by atoms with E-state index < -0.39 is 4.92 Å². The molecule has 1 fully saturated rings. The quantitative estimate of drug-likeness (QED) is 0.657. The van der Waals surface area contributed by atoms with Crippen molar-refractivity contribution in [3.63, 3.8) is 0 Å². The highest BCUT2D eigenvalue weighted by atomic mass is 16.6. The molecule has 1 aromatic rings. The summed E-state index contributed by atoms with van der Waals surface area (Å²) >= 11 is 0. The van der Waals surface area contributed by atoms with Crippen LogP contribution in [0.2, 0.25) is 0 Å². The Bertz CT molecular complexity index is 518.